The van der Waals surface area contributed by atoms with Gasteiger partial charge in [-0.15, -0.1) is 0 Å². The van der Waals surface area contributed by atoms with E-state index in [1.165, 1.54) is 7.11 Å². The van der Waals surface area contributed by atoms with Crippen LogP contribution in [0.3, 0.4) is 0 Å². The van der Waals surface area contributed by atoms with E-state index in [-0.39, 0.29) is 17.9 Å². The van der Waals surface area contributed by atoms with Gasteiger partial charge in [0, 0.05) is 30.6 Å². The van der Waals surface area contributed by atoms with E-state index >= 15 is 0 Å². The normalized spacial score (nSPS) is 13.2. The summed E-state index contributed by atoms with van der Waals surface area (Å²) < 4.78 is 5.26. The van der Waals surface area contributed by atoms with Gasteiger partial charge >= 0.3 is 0 Å². The van der Waals surface area contributed by atoms with Gasteiger partial charge in [0.1, 0.15) is 11.6 Å². The van der Waals surface area contributed by atoms with E-state index in [0.717, 1.165) is 12.8 Å². The average Bonchev–Trinajstić information content (AvgIpc) is 2.77. The van der Waals surface area contributed by atoms with Gasteiger partial charge in [0.25, 0.3) is 5.91 Å². The van der Waals surface area contributed by atoms with Gasteiger partial charge in [0.2, 0.25) is 5.91 Å². The van der Waals surface area contributed by atoms with E-state index in [4.69, 9.17) is 16.2 Å². The van der Waals surface area contributed by atoms with Crippen LogP contribution in [0.15, 0.2) is 22.7 Å². The summed E-state index contributed by atoms with van der Waals surface area (Å²) in [5.74, 6) is 0.00323. The Bertz CT molecular complexity index is 762. The number of hydrogen-bond acceptors (Lipinski definition) is 5. The summed E-state index contributed by atoms with van der Waals surface area (Å²) in [7, 11) is 1.46. The molecule has 0 saturated carbocycles. The van der Waals surface area contributed by atoms with Gasteiger partial charge in [-0.05, 0) is 31.1 Å². The Kier molecular flexibility index (Phi) is 6.38. The summed E-state index contributed by atoms with van der Waals surface area (Å²) in [6, 6.07) is 3.21. The first kappa shape index (κ1) is 19.5. The second-order valence-corrected chi connectivity index (χ2v) is 6.22. The Morgan fingerprint density at radius 3 is 2.42 bits per heavy atom. The fourth-order valence-electron chi connectivity index (χ4n) is 2.98. The highest BCUT2D eigenvalue weighted by molar-refractivity contribution is 6.06. The second-order valence-electron chi connectivity index (χ2n) is 6.22. The van der Waals surface area contributed by atoms with Gasteiger partial charge < -0.3 is 21.1 Å². The lowest BCUT2D eigenvalue weighted by Crippen LogP contribution is -2.34. The number of amides is 2. The molecule has 2 amide bonds. The number of benzene rings is 1. The molecule has 0 atom stereocenters. The largest absolute Gasteiger partial charge is 0.496 e. The number of methoxy groups -OCH3 is 1. The maximum Gasteiger partial charge on any atom is 0.252 e. The number of primary amides is 1. The summed E-state index contributed by atoms with van der Waals surface area (Å²) in [5.41, 5.74) is 13.4. The lowest BCUT2D eigenvalue weighted by molar-refractivity contribution is -0.127. The van der Waals surface area contributed by atoms with Gasteiger partial charge in [-0.3, -0.25) is 9.59 Å². The molecule has 7 heteroatoms. The number of hydrogen-bond donors (Lipinski definition) is 2. The molecule has 0 aliphatic carbocycles. The molecule has 0 radical (unpaired) electrons. The highest BCUT2D eigenvalue weighted by Gasteiger charge is 2.22. The number of carbonyl (C=O) groups is 2. The van der Waals surface area contributed by atoms with E-state index in [2.05, 4.69) is 4.99 Å². The van der Waals surface area contributed by atoms with Crippen LogP contribution >= 0.6 is 0 Å². The standard InChI is InChI=1S/C19H26N4O3/c1-4-6-23(7-5-2)19(25)13-8-12-9-16(26-3)14(18(21)24)11-15(12)22-17(20)10-13/h8-9,11H,4-7,10H2,1-3H3,(H2,20,22)(H2,21,24). The van der Waals surface area contributed by atoms with Crippen molar-refractivity contribution in [1.82, 2.24) is 4.90 Å². The van der Waals surface area contributed by atoms with Crippen molar-refractivity contribution in [3.8, 4) is 5.75 Å². The van der Waals surface area contributed by atoms with Crippen molar-refractivity contribution in [2.45, 2.75) is 33.1 Å². The minimum atomic E-state index is -0.611. The number of nitrogens with two attached hydrogens (primary N) is 2. The topological polar surface area (TPSA) is 111 Å². The zero-order valence-corrected chi connectivity index (χ0v) is 15.5. The Morgan fingerprint density at radius 2 is 1.88 bits per heavy atom. The summed E-state index contributed by atoms with van der Waals surface area (Å²) in [6.45, 7) is 5.47. The van der Waals surface area contributed by atoms with Crippen LogP contribution in [0.5, 0.6) is 5.75 Å². The third-order valence-corrected chi connectivity index (χ3v) is 4.13. The van der Waals surface area contributed by atoms with Crippen molar-refractivity contribution in [3.63, 3.8) is 0 Å². The van der Waals surface area contributed by atoms with Crippen molar-refractivity contribution < 1.29 is 14.3 Å². The van der Waals surface area contributed by atoms with Crippen LogP contribution < -0.4 is 16.2 Å². The zero-order chi connectivity index (χ0) is 19.3. The molecule has 0 aromatic heterocycles. The van der Waals surface area contributed by atoms with Crippen molar-refractivity contribution >= 4 is 29.4 Å². The van der Waals surface area contributed by atoms with Crippen molar-refractivity contribution in [2.24, 2.45) is 16.5 Å². The quantitative estimate of drug-likeness (QED) is 0.778. The molecule has 1 heterocycles. The van der Waals surface area contributed by atoms with Crippen molar-refractivity contribution in [3.05, 3.63) is 28.8 Å². The molecule has 4 N–H and O–H groups in total. The molecular weight excluding hydrogens is 332 g/mol. The molecule has 0 fully saturated rings. The number of aliphatic imine (C=N–C) groups is 1. The Morgan fingerprint density at radius 1 is 1.23 bits per heavy atom. The van der Waals surface area contributed by atoms with E-state index in [1.54, 1.807) is 18.2 Å². The smallest absolute Gasteiger partial charge is 0.252 e. The van der Waals surface area contributed by atoms with Crippen LogP contribution in [-0.4, -0.2) is 42.7 Å². The Hall–Kier alpha value is -2.83. The SMILES string of the molecule is CCCN(CCC)C(=O)C1=Cc2cc(OC)c(C(N)=O)cc2N=C(N)C1. The van der Waals surface area contributed by atoms with E-state index in [9.17, 15) is 9.59 Å². The lowest BCUT2D eigenvalue weighted by atomic mass is 10.0. The molecule has 1 aliphatic heterocycles. The molecule has 26 heavy (non-hydrogen) atoms. The number of ether oxygens (including phenoxy) is 1. The number of nitrogens with zero attached hydrogens (tertiary/aromatic N) is 2. The number of carbonyl (C=O) groups excluding carboxylic acids is 2. The first-order valence-corrected chi connectivity index (χ1v) is 8.75. The predicted molar refractivity (Wildman–Crippen MR) is 103 cm³/mol. The summed E-state index contributed by atoms with van der Waals surface area (Å²) in [6.07, 6.45) is 3.79. The Labute approximate surface area is 153 Å². The zero-order valence-electron chi connectivity index (χ0n) is 15.5. The molecular formula is C19H26N4O3. The molecule has 1 aromatic rings. The van der Waals surface area contributed by atoms with E-state index in [1.807, 2.05) is 18.7 Å². The lowest BCUT2D eigenvalue weighted by Gasteiger charge is -2.22. The third-order valence-electron chi connectivity index (χ3n) is 4.13. The van der Waals surface area contributed by atoms with Crippen LogP contribution in [0.25, 0.3) is 6.08 Å². The van der Waals surface area contributed by atoms with E-state index < -0.39 is 5.91 Å². The van der Waals surface area contributed by atoms with Crippen molar-refractivity contribution in [1.29, 1.82) is 0 Å². The van der Waals surface area contributed by atoms with Crippen LogP contribution in [0.2, 0.25) is 0 Å². The van der Waals surface area contributed by atoms with Gasteiger partial charge in [0.15, 0.2) is 0 Å². The molecule has 1 aliphatic rings. The van der Waals surface area contributed by atoms with Crippen LogP contribution in [0.4, 0.5) is 5.69 Å². The van der Waals surface area contributed by atoms with Gasteiger partial charge in [0.05, 0.1) is 18.4 Å². The van der Waals surface area contributed by atoms with Crippen molar-refractivity contribution in [2.75, 3.05) is 20.2 Å². The fraction of sp³-hybridized carbons (Fsp3) is 0.421. The molecule has 2 rings (SSSR count). The van der Waals surface area contributed by atoms with Gasteiger partial charge in [-0.2, -0.15) is 0 Å². The van der Waals surface area contributed by atoms with E-state index in [0.29, 0.717) is 41.5 Å². The first-order valence-electron chi connectivity index (χ1n) is 8.75. The monoisotopic (exact) mass is 358 g/mol. The number of rotatable bonds is 7. The number of fused-ring (bicyclic) bond motifs is 1. The maximum atomic E-state index is 13.0. The van der Waals surface area contributed by atoms with Crippen LogP contribution in [0, 0.1) is 0 Å². The molecule has 140 valence electrons. The molecule has 7 nitrogen and oxygen atoms in total. The highest BCUT2D eigenvalue weighted by Crippen LogP contribution is 2.33. The Balaban J connectivity index is 2.51. The minimum absolute atomic E-state index is 0.0438. The third kappa shape index (κ3) is 4.22. The summed E-state index contributed by atoms with van der Waals surface area (Å²) >= 11 is 0. The first-order chi connectivity index (χ1) is 12.4. The van der Waals surface area contributed by atoms with Crippen LogP contribution in [0.1, 0.15) is 49.0 Å². The van der Waals surface area contributed by atoms with Crippen LogP contribution in [-0.2, 0) is 4.79 Å². The fourth-order valence-corrected chi connectivity index (χ4v) is 2.98. The molecule has 0 spiro atoms. The molecule has 0 saturated heterocycles. The molecule has 1 aromatic carbocycles. The molecule has 0 unspecified atom stereocenters. The summed E-state index contributed by atoms with van der Waals surface area (Å²) in [4.78, 5) is 30.8. The molecule has 0 bridgehead atoms. The van der Waals surface area contributed by atoms with Gasteiger partial charge in [-0.25, -0.2) is 4.99 Å². The summed E-state index contributed by atoms with van der Waals surface area (Å²) in [5, 5.41) is 0. The number of amidine groups is 1. The average molecular weight is 358 g/mol. The highest BCUT2D eigenvalue weighted by atomic mass is 16.5. The minimum Gasteiger partial charge on any atom is -0.496 e. The second kappa shape index (κ2) is 8.51. The predicted octanol–water partition coefficient (Wildman–Crippen LogP) is 2.22. The van der Waals surface area contributed by atoms with Gasteiger partial charge in [-0.1, -0.05) is 13.8 Å². The maximum absolute atomic E-state index is 13.0.